The van der Waals surface area contributed by atoms with Crippen LogP contribution in [0.2, 0.25) is 0 Å². The molecule has 3 aromatic rings. The van der Waals surface area contributed by atoms with Gasteiger partial charge in [-0.05, 0) is 31.9 Å². The number of hydrogen-bond donors (Lipinski definition) is 2. The molecule has 1 aromatic carbocycles. The van der Waals surface area contributed by atoms with Crippen LogP contribution in [0, 0.1) is 23.0 Å². The number of halogens is 2. The van der Waals surface area contributed by atoms with E-state index >= 15 is 0 Å². The molecule has 152 valence electrons. The molecule has 0 unspecified atom stereocenters. The standard InChI is InChI=1S/C20H17F2N7O/c1-11(7-23)26-19(30)15-5-2-12(6-16(15)21)18-17(22)9-24-20(28-18)27-13-8-25-29(10-13)14-3-4-14/h2,5-6,8-11,14H,3-4H2,1H3,(H,26,30)(H,24,27,28)/t11-/m0/s1. The number of anilines is 2. The summed E-state index contributed by atoms with van der Waals surface area (Å²) in [6.45, 7) is 1.48. The Hall–Kier alpha value is -3.87. The summed E-state index contributed by atoms with van der Waals surface area (Å²) >= 11 is 0. The molecule has 0 radical (unpaired) electrons. The third-order valence-electron chi connectivity index (χ3n) is 4.55. The second kappa shape index (κ2) is 7.87. The molecule has 1 aliphatic carbocycles. The molecule has 10 heteroatoms. The second-order valence-corrected chi connectivity index (χ2v) is 6.97. The maximum Gasteiger partial charge on any atom is 0.255 e. The van der Waals surface area contributed by atoms with Gasteiger partial charge in [-0.3, -0.25) is 9.48 Å². The number of benzene rings is 1. The summed E-state index contributed by atoms with van der Waals surface area (Å²) in [5, 5.41) is 18.3. The fourth-order valence-corrected chi connectivity index (χ4v) is 2.85. The molecule has 1 saturated carbocycles. The normalized spacial score (nSPS) is 14.1. The fraction of sp³-hybridized carbons (Fsp3) is 0.250. The van der Waals surface area contributed by atoms with Crippen molar-refractivity contribution in [3.8, 4) is 17.3 Å². The van der Waals surface area contributed by atoms with Crippen molar-refractivity contribution in [1.29, 1.82) is 5.26 Å². The van der Waals surface area contributed by atoms with Crippen molar-refractivity contribution < 1.29 is 13.6 Å². The predicted molar refractivity (Wildman–Crippen MR) is 104 cm³/mol. The van der Waals surface area contributed by atoms with Gasteiger partial charge in [0, 0.05) is 11.8 Å². The van der Waals surface area contributed by atoms with Crippen molar-refractivity contribution in [2.24, 2.45) is 0 Å². The monoisotopic (exact) mass is 409 g/mol. The van der Waals surface area contributed by atoms with E-state index in [1.165, 1.54) is 19.1 Å². The van der Waals surface area contributed by atoms with Gasteiger partial charge in [-0.25, -0.2) is 18.7 Å². The highest BCUT2D eigenvalue weighted by Gasteiger charge is 2.24. The Morgan fingerprint density at radius 1 is 1.30 bits per heavy atom. The highest BCUT2D eigenvalue weighted by molar-refractivity contribution is 5.95. The molecule has 2 N–H and O–H groups in total. The first-order valence-corrected chi connectivity index (χ1v) is 9.28. The molecular formula is C20H17F2N7O. The Labute approximate surface area is 170 Å². The first-order valence-electron chi connectivity index (χ1n) is 9.28. The van der Waals surface area contributed by atoms with Gasteiger partial charge in [-0.2, -0.15) is 10.4 Å². The smallest absolute Gasteiger partial charge is 0.255 e. The maximum atomic E-state index is 14.5. The van der Waals surface area contributed by atoms with E-state index in [0.717, 1.165) is 25.1 Å². The average molecular weight is 409 g/mol. The van der Waals surface area contributed by atoms with Crippen LogP contribution in [0.25, 0.3) is 11.3 Å². The number of nitrogens with one attached hydrogen (secondary N) is 2. The number of nitriles is 1. The quantitative estimate of drug-likeness (QED) is 0.646. The lowest BCUT2D eigenvalue weighted by Crippen LogP contribution is -2.31. The minimum Gasteiger partial charge on any atom is -0.336 e. The van der Waals surface area contributed by atoms with E-state index in [9.17, 15) is 13.6 Å². The largest absolute Gasteiger partial charge is 0.336 e. The van der Waals surface area contributed by atoms with E-state index in [1.807, 2.05) is 16.9 Å². The van der Waals surface area contributed by atoms with Gasteiger partial charge in [0.1, 0.15) is 17.6 Å². The second-order valence-electron chi connectivity index (χ2n) is 6.97. The Bertz CT molecular complexity index is 1150. The topological polar surface area (TPSA) is 109 Å². The molecule has 30 heavy (non-hydrogen) atoms. The average Bonchev–Trinajstić information content (AvgIpc) is 3.48. The van der Waals surface area contributed by atoms with Gasteiger partial charge in [-0.1, -0.05) is 6.07 Å². The van der Waals surface area contributed by atoms with E-state index < -0.39 is 23.6 Å². The van der Waals surface area contributed by atoms with E-state index in [-0.39, 0.29) is 22.8 Å². The van der Waals surface area contributed by atoms with Crippen LogP contribution in [-0.4, -0.2) is 31.7 Å². The van der Waals surface area contributed by atoms with Crippen LogP contribution in [0.4, 0.5) is 20.4 Å². The minimum atomic E-state index is -0.853. The van der Waals surface area contributed by atoms with Crippen LogP contribution in [0.5, 0.6) is 0 Å². The zero-order valence-electron chi connectivity index (χ0n) is 15.9. The summed E-state index contributed by atoms with van der Waals surface area (Å²) < 4.78 is 30.6. The van der Waals surface area contributed by atoms with Crippen molar-refractivity contribution in [2.75, 3.05) is 5.32 Å². The molecule has 4 rings (SSSR count). The van der Waals surface area contributed by atoms with Gasteiger partial charge in [-0.15, -0.1) is 0 Å². The van der Waals surface area contributed by atoms with E-state index in [2.05, 4.69) is 25.7 Å². The molecule has 2 aromatic heterocycles. The fourth-order valence-electron chi connectivity index (χ4n) is 2.85. The number of aromatic nitrogens is 4. The molecule has 0 aliphatic heterocycles. The lowest BCUT2D eigenvalue weighted by Gasteiger charge is -2.10. The summed E-state index contributed by atoms with van der Waals surface area (Å²) in [5.74, 6) is -2.18. The first kappa shape index (κ1) is 19.4. The van der Waals surface area contributed by atoms with Crippen molar-refractivity contribution >= 4 is 17.5 Å². The van der Waals surface area contributed by atoms with Crippen LogP contribution >= 0.6 is 0 Å². The van der Waals surface area contributed by atoms with Crippen molar-refractivity contribution in [2.45, 2.75) is 31.8 Å². The SMILES string of the molecule is C[C@@H](C#N)NC(=O)c1ccc(-c2nc(Nc3cnn(C4CC4)c3)ncc2F)cc1F. The zero-order valence-corrected chi connectivity index (χ0v) is 15.9. The highest BCUT2D eigenvalue weighted by Crippen LogP contribution is 2.34. The summed E-state index contributed by atoms with van der Waals surface area (Å²) in [5.41, 5.74) is 0.442. The molecular weight excluding hydrogens is 392 g/mol. The lowest BCUT2D eigenvalue weighted by molar-refractivity contribution is 0.0944. The number of carbonyl (C=O) groups is 1. The Morgan fingerprint density at radius 3 is 2.80 bits per heavy atom. The van der Waals surface area contributed by atoms with Gasteiger partial charge in [0.2, 0.25) is 5.95 Å². The lowest BCUT2D eigenvalue weighted by atomic mass is 10.1. The molecule has 0 bridgehead atoms. The van der Waals surface area contributed by atoms with E-state index in [0.29, 0.717) is 11.7 Å². The first-order chi connectivity index (χ1) is 14.4. The van der Waals surface area contributed by atoms with E-state index in [1.54, 1.807) is 6.20 Å². The van der Waals surface area contributed by atoms with Crippen molar-refractivity contribution in [3.63, 3.8) is 0 Å². The third-order valence-corrected chi connectivity index (χ3v) is 4.55. The van der Waals surface area contributed by atoms with Crippen LogP contribution in [0.15, 0.2) is 36.8 Å². The Balaban J connectivity index is 1.57. The van der Waals surface area contributed by atoms with Gasteiger partial charge >= 0.3 is 0 Å². The third kappa shape index (κ3) is 4.10. The Morgan fingerprint density at radius 2 is 2.10 bits per heavy atom. The maximum absolute atomic E-state index is 14.5. The van der Waals surface area contributed by atoms with Gasteiger partial charge in [0.25, 0.3) is 5.91 Å². The zero-order chi connectivity index (χ0) is 21.3. The highest BCUT2D eigenvalue weighted by atomic mass is 19.1. The predicted octanol–water partition coefficient (Wildman–Crippen LogP) is 3.34. The number of hydrogen-bond acceptors (Lipinski definition) is 6. The van der Waals surface area contributed by atoms with Crippen LogP contribution in [0.3, 0.4) is 0 Å². The number of carbonyl (C=O) groups excluding carboxylic acids is 1. The summed E-state index contributed by atoms with van der Waals surface area (Å²) in [6, 6.07) is 5.11. The van der Waals surface area contributed by atoms with Crippen molar-refractivity contribution in [3.05, 3.63) is 54.0 Å². The molecule has 2 heterocycles. The molecule has 1 aliphatic rings. The van der Waals surface area contributed by atoms with Crippen molar-refractivity contribution in [1.82, 2.24) is 25.1 Å². The van der Waals surface area contributed by atoms with Gasteiger partial charge in [0.15, 0.2) is 5.82 Å². The van der Waals surface area contributed by atoms with Crippen LogP contribution < -0.4 is 10.6 Å². The number of nitrogens with zero attached hydrogens (tertiary/aromatic N) is 5. The molecule has 0 spiro atoms. The summed E-state index contributed by atoms with van der Waals surface area (Å²) in [7, 11) is 0. The molecule has 1 atom stereocenters. The van der Waals surface area contributed by atoms with Gasteiger partial charge < -0.3 is 10.6 Å². The molecule has 0 saturated heterocycles. The molecule has 1 fully saturated rings. The summed E-state index contributed by atoms with van der Waals surface area (Å²) in [6.07, 6.45) is 6.61. The molecule has 1 amide bonds. The number of rotatable bonds is 6. The summed E-state index contributed by atoms with van der Waals surface area (Å²) in [4.78, 5) is 20.1. The van der Waals surface area contributed by atoms with Crippen LogP contribution in [0.1, 0.15) is 36.2 Å². The van der Waals surface area contributed by atoms with Crippen LogP contribution in [-0.2, 0) is 0 Å². The number of amides is 1. The van der Waals surface area contributed by atoms with Gasteiger partial charge in [0.05, 0.1) is 35.8 Å². The Kier molecular flexibility index (Phi) is 5.10. The van der Waals surface area contributed by atoms with E-state index in [4.69, 9.17) is 5.26 Å². The molecule has 8 nitrogen and oxygen atoms in total. The minimum absolute atomic E-state index is 0.113.